The Kier molecular flexibility index (Phi) is 3.73. The SMILES string of the molecule is Cc1nc(Cl)ccc1NS(=O)(=O)c1ccc(F)cc1. The molecule has 0 amide bonds. The highest BCUT2D eigenvalue weighted by Gasteiger charge is 2.15. The standard InChI is InChI=1S/C12H10ClFN2O2S/c1-8-11(6-7-12(13)15-8)16-19(17,18)10-4-2-9(14)3-5-10/h2-7,16H,1H3. The molecule has 0 aliphatic carbocycles. The number of halogens is 2. The molecule has 2 aromatic rings. The van der Waals surface area contributed by atoms with Crippen molar-refractivity contribution in [3.63, 3.8) is 0 Å². The molecule has 0 radical (unpaired) electrons. The van der Waals surface area contributed by atoms with Crippen molar-refractivity contribution in [2.24, 2.45) is 0 Å². The maximum atomic E-state index is 12.8. The normalized spacial score (nSPS) is 11.3. The van der Waals surface area contributed by atoms with Crippen molar-refractivity contribution in [3.05, 3.63) is 53.1 Å². The first-order chi connectivity index (χ1) is 8.88. The second kappa shape index (κ2) is 5.14. The first-order valence-corrected chi connectivity index (χ1v) is 7.16. The van der Waals surface area contributed by atoms with E-state index >= 15 is 0 Å². The van der Waals surface area contributed by atoms with Gasteiger partial charge in [-0.1, -0.05) is 11.6 Å². The van der Waals surface area contributed by atoms with Crippen LogP contribution in [0.1, 0.15) is 5.69 Å². The summed E-state index contributed by atoms with van der Waals surface area (Å²) in [5, 5.41) is 0.280. The maximum absolute atomic E-state index is 12.8. The van der Waals surface area contributed by atoms with E-state index in [0.717, 1.165) is 12.1 Å². The smallest absolute Gasteiger partial charge is 0.261 e. The summed E-state index contributed by atoms with van der Waals surface area (Å²) in [6.07, 6.45) is 0. The third kappa shape index (κ3) is 3.21. The molecule has 1 aromatic heterocycles. The van der Waals surface area contributed by atoms with E-state index in [1.807, 2.05) is 0 Å². The molecule has 1 N–H and O–H groups in total. The van der Waals surface area contributed by atoms with Gasteiger partial charge in [0.15, 0.2) is 0 Å². The first-order valence-electron chi connectivity index (χ1n) is 5.30. The lowest BCUT2D eigenvalue weighted by Crippen LogP contribution is -2.14. The molecule has 4 nitrogen and oxygen atoms in total. The number of nitrogens with one attached hydrogen (secondary N) is 1. The molecule has 0 saturated carbocycles. The van der Waals surface area contributed by atoms with Crippen LogP contribution in [-0.2, 0) is 10.0 Å². The third-order valence-electron chi connectivity index (χ3n) is 2.42. The maximum Gasteiger partial charge on any atom is 0.261 e. The largest absolute Gasteiger partial charge is 0.278 e. The molecule has 0 fully saturated rings. The van der Waals surface area contributed by atoms with Crippen molar-refractivity contribution in [2.75, 3.05) is 4.72 Å². The van der Waals surface area contributed by atoms with Crippen LogP contribution in [0.25, 0.3) is 0 Å². The van der Waals surface area contributed by atoms with Gasteiger partial charge < -0.3 is 0 Å². The average molecular weight is 301 g/mol. The minimum atomic E-state index is -3.77. The molecule has 2 rings (SSSR count). The molecule has 1 heterocycles. The summed E-state index contributed by atoms with van der Waals surface area (Å²) < 4.78 is 39.3. The molecule has 0 atom stereocenters. The summed E-state index contributed by atoms with van der Waals surface area (Å²) in [5.74, 6) is -0.497. The Bertz CT molecular complexity index is 702. The highest BCUT2D eigenvalue weighted by atomic mass is 35.5. The van der Waals surface area contributed by atoms with Gasteiger partial charge in [0.2, 0.25) is 0 Å². The monoisotopic (exact) mass is 300 g/mol. The Hall–Kier alpha value is -1.66. The molecule has 7 heteroatoms. The summed E-state index contributed by atoms with van der Waals surface area (Å²) >= 11 is 5.69. The minimum Gasteiger partial charge on any atom is -0.278 e. The summed E-state index contributed by atoms with van der Waals surface area (Å²) in [7, 11) is -3.77. The van der Waals surface area contributed by atoms with E-state index in [1.165, 1.54) is 24.3 Å². The number of benzene rings is 1. The first kappa shape index (κ1) is 13.8. The fraction of sp³-hybridized carbons (Fsp3) is 0.0833. The van der Waals surface area contributed by atoms with Crippen molar-refractivity contribution in [1.82, 2.24) is 4.98 Å². The van der Waals surface area contributed by atoms with Crippen molar-refractivity contribution >= 4 is 27.3 Å². The molecular formula is C12H10ClFN2O2S. The van der Waals surface area contributed by atoms with Crippen LogP contribution >= 0.6 is 11.6 Å². The van der Waals surface area contributed by atoms with Crippen LogP contribution in [0, 0.1) is 12.7 Å². The Morgan fingerprint density at radius 3 is 2.37 bits per heavy atom. The van der Waals surface area contributed by atoms with Gasteiger partial charge in [0.1, 0.15) is 11.0 Å². The zero-order valence-corrected chi connectivity index (χ0v) is 11.5. The van der Waals surface area contributed by atoms with E-state index in [9.17, 15) is 12.8 Å². The zero-order chi connectivity index (χ0) is 14.0. The van der Waals surface area contributed by atoms with Crippen molar-refractivity contribution in [2.45, 2.75) is 11.8 Å². The number of pyridine rings is 1. The lowest BCUT2D eigenvalue weighted by Gasteiger charge is -2.10. The minimum absolute atomic E-state index is 0.0248. The predicted molar refractivity (Wildman–Crippen MR) is 71.2 cm³/mol. The number of hydrogen-bond acceptors (Lipinski definition) is 3. The molecule has 0 bridgehead atoms. The van der Waals surface area contributed by atoms with E-state index in [-0.39, 0.29) is 10.0 Å². The van der Waals surface area contributed by atoms with Crippen molar-refractivity contribution in [3.8, 4) is 0 Å². The van der Waals surface area contributed by atoms with Crippen LogP contribution in [-0.4, -0.2) is 13.4 Å². The van der Waals surface area contributed by atoms with Crippen LogP contribution in [0.2, 0.25) is 5.15 Å². The molecule has 0 aliphatic heterocycles. The summed E-state index contributed by atoms with van der Waals surface area (Å²) in [6.45, 7) is 1.63. The summed E-state index contributed by atoms with van der Waals surface area (Å²) in [6, 6.07) is 7.55. The Balaban J connectivity index is 2.33. The van der Waals surface area contributed by atoms with Crippen LogP contribution in [0.4, 0.5) is 10.1 Å². The van der Waals surface area contributed by atoms with E-state index in [1.54, 1.807) is 6.92 Å². The summed E-state index contributed by atoms with van der Waals surface area (Å²) in [5.41, 5.74) is 0.784. The Morgan fingerprint density at radius 2 is 1.79 bits per heavy atom. The van der Waals surface area contributed by atoms with Gasteiger partial charge in [-0.15, -0.1) is 0 Å². The highest BCUT2D eigenvalue weighted by Crippen LogP contribution is 2.20. The molecule has 100 valence electrons. The molecule has 19 heavy (non-hydrogen) atoms. The van der Waals surface area contributed by atoms with Gasteiger partial charge in [-0.05, 0) is 43.3 Å². The lowest BCUT2D eigenvalue weighted by molar-refractivity contribution is 0.599. The van der Waals surface area contributed by atoms with E-state index in [4.69, 9.17) is 11.6 Å². The number of rotatable bonds is 3. The molecule has 1 aromatic carbocycles. The van der Waals surface area contributed by atoms with Gasteiger partial charge in [0, 0.05) is 0 Å². The number of anilines is 1. The van der Waals surface area contributed by atoms with Gasteiger partial charge in [-0.25, -0.2) is 17.8 Å². The van der Waals surface area contributed by atoms with Gasteiger partial charge in [0.25, 0.3) is 10.0 Å². The van der Waals surface area contributed by atoms with Crippen molar-refractivity contribution < 1.29 is 12.8 Å². The predicted octanol–water partition coefficient (Wildman–Crippen LogP) is 2.98. The van der Waals surface area contributed by atoms with Gasteiger partial charge in [-0.3, -0.25) is 4.72 Å². The molecule has 0 unspecified atom stereocenters. The fourth-order valence-electron chi connectivity index (χ4n) is 1.46. The zero-order valence-electron chi connectivity index (χ0n) is 9.89. The van der Waals surface area contributed by atoms with E-state index < -0.39 is 15.8 Å². The molecular weight excluding hydrogens is 291 g/mol. The lowest BCUT2D eigenvalue weighted by atomic mass is 10.3. The second-order valence-electron chi connectivity index (χ2n) is 3.83. The number of aromatic nitrogens is 1. The van der Waals surface area contributed by atoms with Crippen molar-refractivity contribution in [1.29, 1.82) is 0 Å². The molecule has 0 saturated heterocycles. The average Bonchev–Trinajstić information content (AvgIpc) is 2.33. The number of nitrogens with zero attached hydrogens (tertiary/aromatic N) is 1. The highest BCUT2D eigenvalue weighted by molar-refractivity contribution is 7.92. The number of sulfonamides is 1. The van der Waals surface area contributed by atoms with E-state index in [2.05, 4.69) is 9.71 Å². The quantitative estimate of drug-likeness (QED) is 0.887. The fourth-order valence-corrected chi connectivity index (χ4v) is 2.76. The molecule has 0 spiro atoms. The van der Waals surface area contributed by atoms with Crippen LogP contribution in [0.15, 0.2) is 41.3 Å². The second-order valence-corrected chi connectivity index (χ2v) is 5.90. The van der Waals surface area contributed by atoms with Crippen LogP contribution < -0.4 is 4.72 Å². The topological polar surface area (TPSA) is 59.1 Å². The van der Waals surface area contributed by atoms with Gasteiger partial charge >= 0.3 is 0 Å². The number of aryl methyl sites for hydroxylation is 1. The summed E-state index contributed by atoms with van der Waals surface area (Å²) in [4.78, 5) is 3.92. The number of hydrogen-bond donors (Lipinski definition) is 1. The molecule has 0 aliphatic rings. The van der Waals surface area contributed by atoms with Crippen LogP contribution in [0.5, 0.6) is 0 Å². The Morgan fingerprint density at radius 1 is 1.16 bits per heavy atom. The third-order valence-corrected chi connectivity index (χ3v) is 4.01. The van der Waals surface area contributed by atoms with Gasteiger partial charge in [0.05, 0.1) is 16.3 Å². The van der Waals surface area contributed by atoms with Gasteiger partial charge in [-0.2, -0.15) is 0 Å². The van der Waals surface area contributed by atoms with E-state index in [0.29, 0.717) is 11.4 Å². The van der Waals surface area contributed by atoms with Crippen LogP contribution in [0.3, 0.4) is 0 Å². The Labute approximate surface area is 115 Å².